The number of aliphatic carboxylic acids is 1. The highest BCUT2D eigenvalue weighted by molar-refractivity contribution is 6.24. The van der Waals surface area contributed by atoms with E-state index in [-0.39, 0.29) is 47.6 Å². The summed E-state index contributed by atoms with van der Waals surface area (Å²) in [6, 6.07) is -0.998. The van der Waals surface area contributed by atoms with Crippen LogP contribution in [0.4, 0.5) is 0 Å². The number of rotatable bonds is 5. The van der Waals surface area contributed by atoms with E-state index in [1.807, 2.05) is 13.8 Å². The summed E-state index contributed by atoms with van der Waals surface area (Å²) in [4.78, 5) is 40.1. The number of aliphatic imine (C=N–C) groups is 1. The van der Waals surface area contributed by atoms with Gasteiger partial charge in [-0.2, -0.15) is 0 Å². The first-order valence-electron chi connectivity index (χ1n) is 9.85. The molecule has 0 aliphatic heterocycles. The molecule has 1 fully saturated rings. The van der Waals surface area contributed by atoms with E-state index in [2.05, 4.69) is 10.1 Å². The molecule has 1 unspecified atom stereocenters. The number of hydrogen-bond acceptors (Lipinski definition) is 7. The molecular formula is C21H26N2O6. The Morgan fingerprint density at radius 1 is 1.21 bits per heavy atom. The molecule has 0 saturated heterocycles. The number of Topliss-reactive ketones (excluding diaryl/α,β-unsaturated/α-hetero) is 2. The van der Waals surface area contributed by atoms with Gasteiger partial charge < -0.3 is 14.7 Å². The summed E-state index contributed by atoms with van der Waals surface area (Å²) in [5.41, 5.74) is 1.23. The molecule has 29 heavy (non-hydrogen) atoms. The van der Waals surface area contributed by atoms with Crippen molar-refractivity contribution in [2.45, 2.75) is 71.8 Å². The van der Waals surface area contributed by atoms with Crippen LogP contribution in [0.15, 0.2) is 20.8 Å². The predicted octanol–water partition coefficient (Wildman–Crippen LogP) is 3.24. The quantitative estimate of drug-likeness (QED) is 0.571. The lowest BCUT2D eigenvalue weighted by Crippen LogP contribution is -2.26. The molecule has 0 spiro atoms. The number of fused-ring (bicyclic) bond motifs is 1. The molecule has 2 aliphatic rings. The second-order valence-corrected chi connectivity index (χ2v) is 8.56. The largest absolute Gasteiger partial charge is 0.511 e. The summed E-state index contributed by atoms with van der Waals surface area (Å²) in [5, 5.41) is 23.7. The van der Waals surface area contributed by atoms with Crippen LogP contribution in [0.1, 0.15) is 74.7 Å². The van der Waals surface area contributed by atoms with E-state index in [0.717, 1.165) is 0 Å². The summed E-state index contributed by atoms with van der Waals surface area (Å²) < 4.78 is 5.37. The third-order valence-electron chi connectivity index (χ3n) is 5.37. The Kier molecular flexibility index (Phi) is 5.73. The Labute approximate surface area is 168 Å². The average Bonchev–Trinajstić information content (AvgIpc) is 3.01. The lowest BCUT2D eigenvalue weighted by atomic mass is 9.76. The molecular weight excluding hydrogens is 376 g/mol. The van der Waals surface area contributed by atoms with E-state index in [9.17, 15) is 19.5 Å². The number of ketones is 2. The molecule has 2 N–H and O–H groups in total. The third-order valence-corrected chi connectivity index (χ3v) is 5.37. The lowest BCUT2D eigenvalue weighted by molar-refractivity contribution is -0.138. The van der Waals surface area contributed by atoms with Gasteiger partial charge in [-0.3, -0.25) is 14.6 Å². The maximum atomic E-state index is 12.5. The number of aromatic nitrogens is 1. The second kappa shape index (κ2) is 7.93. The average molecular weight is 402 g/mol. The summed E-state index contributed by atoms with van der Waals surface area (Å²) in [6.07, 6.45) is 2.66. The van der Waals surface area contributed by atoms with Gasteiger partial charge in [-0.1, -0.05) is 19.0 Å². The minimum atomic E-state index is -1.09. The number of aryl methyl sites for hydroxylation is 1. The molecule has 1 atom stereocenters. The number of carboxylic acid groups (broad SMARTS) is 1. The molecule has 1 saturated carbocycles. The van der Waals surface area contributed by atoms with Crippen molar-refractivity contribution in [2.24, 2.45) is 10.4 Å². The van der Waals surface area contributed by atoms with Crippen LogP contribution < -0.4 is 0 Å². The van der Waals surface area contributed by atoms with Crippen LogP contribution in [-0.4, -0.2) is 44.7 Å². The van der Waals surface area contributed by atoms with E-state index >= 15 is 0 Å². The van der Waals surface area contributed by atoms with Gasteiger partial charge in [0.2, 0.25) is 0 Å². The van der Waals surface area contributed by atoms with Gasteiger partial charge in [0, 0.05) is 32.1 Å². The Balaban J connectivity index is 1.83. The second-order valence-electron chi connectivity index (χ2n) is 8.56. The molecule has 1 heterocycles. The maximum absolute atomic E-state index is 12.5. The Morgan fingerprint density at radius 2 is 1.93 bits per heavy atom. The van der Waals surface area contributed by atoms with Gasteiger partial charge in [-0.25, -0.2) is 4.79 Å². The fourth-order valence-electron chi connectivity index (χ4n) is 3.93. The van der Waals surface area contributed by atoms with E-state index < -0.39 is 12.0 Å². The molecule has 8 heteroatoms. The number of allylic oxidation sites excluding steroid dienone is 2. The van der Waals surface area contributed by atoms with Crippen molar-refractivity contribution in [2.75, 3.05) is 0 Å². The zero-order valence-corrected chi connectivity index (χ0v) is 16.9. The van der Waals surface area contributed by atoms with E-state index in [1.165, 1.54) is 6.92 Å². The van der Waals surface area contributed by atoms with Crippen molar-refractivity contribution in [1.29, 1.82) is 0 Å². The normalized spacial score (nSPS) is 23.1. The fraction of sp³-hybridized carbons (Fsp3) is 0.571. The zero-order valence-electron chi connectivity index (χ0n) is 16.9. The van der Waals surface area contributed by atoms with Gasteiger partial charge in [0.1, 0.15) is 17.6 Å². The molecule has 8 nitrogen and oxygen atoms in total. The number of carboxylic acids is 1. The van der Waals surface area contributed by atoms with Crippen molar-refractivity contribution in [3.8, 4) is 0 Å². The first kappa shape index (κ1) is 21.0. The van der Waals surface area contributed by atoms with E-state index in [1.54, 1.807) is 0 Å². The number of carbonyl (C=O) groups excluding carboxylic acids is 2. The van der Waals surface area contributed by atoms with Gasteiger partial charge in [-0.05, 0) is 25.2 Å². The first-order valence-corrected chi connectivity index (χ1v) is 9.85. The van der Waals surface area contributed by atoms with Crippen molar-refractivity contribution in [1.82, 2.24) is 5.16 Å². The summed E-state index contributed by atoms with van der Waals surface area (Å²) in [7, 11) is 0. The molecule has 3 rings (SSSR count). The number of aliphatic hydroxyl groups is 1. The van der Waals surface area contributed by atoms with Crippen molar-refractivity contribution < 1.29 is 29.1 Å². The number of hydrogen-bond donors (Lipinski definition) is 2. The standard InChI is InChI=1S/C21H26N2O6/c1-11(20(27)28)22-12-5-4-6-14(24)18(12)15(25)8-7-13-19-16(26)9-21(2,3)10-17(19)29-23-13/h11,25H,4-10H2,1-3H3,(H,27,28)/b18-15+,22-12?. The number of nitrogens with zero attached hydrogens (tertiary/aromatic N) is 2. The summed E-state index contributed by atoms with van der Waals surface area (Å²) in [6.45, 7) is 5.43. The van der Waals surface area contributed by atoms with Gasteiger partial charge in [0.05, 0.1) is 22.5 Å². The highest BCUT2D eigenvalue weighted by Gasteiger charge is 2.36. The van der Waals surface area contributed by atoms with E-state index in [4.69, 9.17) is 9.63 Å². The monoisotopic (exact) mass is 402 g/mol. The van der Waals surface area contributed by atoms with Crippen LogP contribution in [-0.2, 0) is 22.4 Å². The zero-order chi connectivity index (χ0) is 21.3. The lowest BCUT2D eigenvalue weighted by Gasteiger charge is -2.26. The van der Waals surface area contributed by atoms with Crippen molar-refractivity contribution in [3.63, 3.8) is 0 Å². The predicted molar refractivity (Wildman–Crippen MR) is 104 cm³/mol. The fourth-order valence-corrected chi connectivity index (χ4v) is 3.93. The molecule has 1 aromatic rings. The topological polar surface area (TPSA) is 130 Å². The van der Waals surface area contributed by atoms with Crippen LogP contribution in [0.3, 0.4) is 0 Å². The van der Waals surface area contributed by atoms with Crippen LogP contribution in [0, 0.1) is 5.41 Å². The third kappa shape index (κ3) is 4.46. The molecule has 2 aliphatic carbocycles. The minimum Gasteiger partial charge on any atom is -0.511 e. The SMILES string of the molecule is CC(N=C1CCCC(=O)/C1=C(/O)CCc1noc2c1C(=O)CC(C)(C)C2)C(=O)O. The maximum Gasteiger partial charge on any atom is 0.328 e. The Bertz CT molecular complexity index is 922. The highest BCUT2D eigenvalue weighted by atomic mass is 16.5. The van der Waals surface area contributed by atoms with Crippen LogP contribution in [0.25, 0.3) is 0 Å². The van der Waals surface area contributed by atoms with Crippen molar-refractivity contribution in [3.05, 3.63) is 28.3 Å². The first-order chi connectivity index (χ1) is 13.6. The van der Waals surface area contributed by atoms with Gasteiger partial charge in [0.25, 0.3) is 0 Å². The minimum absolute atomic E-state index is 0.0223. The molecule has 0 amide bonds. The van der Waals surface area contributed by atoms with Crippen molar-refractivity contribution >= 4 is 23.2 Å². The molecule has 1 aromatic heterocycles. The molecule has 156 valence electrons. The Hall–Kier alpha value is -2.77. The Morgan fingerprint density at radius 3 is 2.62 bits per heavy atom. The highest BCUT2D eigenvalue weighted by Crippen LogP contribution is 2.36. The summed E-state index contributed by atoms with van der Waals surface area (Å²) in [5.74, 6) is -0.938. The van der Waals surface area contributed by atoms with Gasteiger partial charge in [-0.15, -0.1) is 0 Å². The van der Waals surface area contributed by atoms with Crippen LogP contribution >= 0.6 is 0 Å². The molecule has 0 bridgehead atoms. The van der Waals surface area contributed by atoms with Crippen LogP contribution in [0.5, 0.6) is 0 Å². The van der Waals surface area contributed by atoms with E-state index in [0.29, 0.717) is 48.4 Å². The van der Waals surface area contributed by atoms with Crippen LogP contribution in [0.2, 0.25) is 0 Å². The smallest absolute Gasteiger partial charge is 0.328 e. The number of aliphatic hydroxyl groups excluding tert-OH is 1. The number of carbonyl (C=O) groups is 3. The molecule has 0 aromatic carbocycles. The van der Waals surface area contributed by atoms with Gasteiger partial charge >= 0.3 is 5.97 Å². The summed E-state index contributed by atoms with van der Waals surface area (Å²) >= 11 is 0. The van der Waals surface area contributed by atoms with Gasteiger partial charge in [0.15, 0.2) is 11.6 Å². The molecule has 0 radical (unpaired) electrons.